The topological polar surface area (TPSA) is 87.3 Å². The molecular formula is C10H16ClN5O. The number of nitrogens with zero attached hydrogens (tertiary/aromatic N) is 3. The van der Waals surface area contributed by atoms with Gasteiger partial charge in [-0.15, -0.1) is 0 Å². The van der Waals surface area contributed by atoms with Gasteiger partial charge < -0.3 is 10.0 Å². The molecule has 0 bridgehead atoms. The van der Waals surface area contributed by atoms with Gasteiger partial charge in [-0.2, -0.15) is 4.98 Å². The summed E-state index contributed by atoms with van der Waals surface area (Å²) in [4.78, 5) is 10.2. The highest BCUT2D eigenvalue weighted by molar-refractivity contribution is 6.32. The Morgan fingerprint density at radius 2 is 2.47 bits per heavy atom. The predicted molar refractivity (Wildman–Crippen MR) is 66.9 cm³/mol. The largest absolute Gasteiger partial charge is 0.393 e. The number of nitrogens with two attached hydrogens (primary N) is 1. The lowest BCUT2D eigenvalue weighted by molar-refractivity contribution is 0.136. The number of hydrogen-bond acceptors (Lipinski definition) is 6. The van der Waals surface area contributed by atoms with Gasteiger partial charge in [0.05, 0.1) is 12.3 Å². The normalized spacial score (nSPS) is 21.6. The standard InChI is InChI=1S/C10H16ClN5O/c1-6(17)7-2-3-16(5-7)9-8(11)4-13-10(14-9)15-12/h4,6-7,17H,2-3,5,12H2,1H3,(H,13,14,15). The Morgan fingerprint density at radius 1 is 1.71 bits per heavy atom. The first-order chi connectivity index (χ1) is 8.11. The van der Waals surface area contributed by atoms with Gasteiger partial charge in [-0.05, 0) is 13.3 Å². The van der Waals surface area contributed by atoms with Crippen LogP contribution < -0.4 is 16.2 Å². The van der Waals surface area contributed by atoms with Crippen LogP contribution >= 0.6 is 11.6 Å². The summed E-state index contributed by atoms with van der Waals surface area (Å²) in [5, 5.41) is 10.1. The van der Waals surface area contributed by atoms with Crippen molar-refractivity contribution in [2.75, 3.05) is 23.4 Å². The minimum atomic E-state index is -0.312. The van der Waals surface area contributed by atoms with E-state index in [1.165, 1.54) is 6.20 Å². The average Bonchev–Trinajstić information content (AvgIpc) is 2.79. The Kier molecular flexibility index (Phi) is 3.66. The third kappa shape index (κ3) is 2.59. The number of nitrogen functional groups attached to an aromatic ring is 1. The molecule has 2 unspecified atom stereocenters. The third-order valence-electron chi connectivity index (χ3n) is 3.06. The molecule has 6 nitrogen and oxygen atoms in total. The summed E-state index contributed by atoms with van der Waals surface area (Å²) < 4.78 is 0. The maximum Gasteiger partial charge on any atom is 0.239 e. The molecule has 94 valence electrons. The molecule has 1 fully saturated rings. The van der Waals surface area contributed by atoms with Crippen molar-refractivity contribution in [2.45, 2.75) is 19.4 Å². The van der Waals surface area contributed by atoms with Crippen molar-refractivity contribution in [3.05, 3.63) is 11.2 Å². The molecule has 0 aromatic carbocycles. The zero-order chi connectivity index (χ0) is 12.4. The number of anilines is 2. The summed E-state index contributed by atoms with van der Waals surface area (Å²) in [6, 6.07) is 0. The number of hydrogen-bond donors (Lipinski definition) is 3. The van der Waals surface area contributed by atoms with Crippen molar-refractivity contribution in [3.63, 3.8) is 0 Å². The lowest BCUT2D eigenvalue weighted by Gasteiger charge is -2.19. The van der Waals surface area contributed by atoms with Gasteiger partial charge in [-0.3, -0.25) is 5.43 Å². The second kappa shape index (κ2) is 5.03. The zero-order valence-electron chi connectivity index (χ0n) is 9.60. The van der Waals surface area contributed by atoms with Gasteiger partial charge >= 0.3 is 0 Å². The Morgan fingerprint density at radius 3 is 3.06 bits per heavy atom. The SMILES string of the molecule is CC(O)C1CCN(c2nc(NN)ncc2Cl)C1. The molecule has 0 saturated carbocycles. The Labute approximate surface area is 105 Å². The van der Waals surface area contributed by atoms with Crippen molar-refractivity contribution in [1.82, 2.24) is 9.97 Å². The molecular weight excluding hydrogens is 242 g/mol. The van der Waals surface area contributed by atoms with Crippen LogP contribution in [0.25, 0.3) is 0 Å². The minimum absolute atomic E-state index is 0.260. The van der Waals surface area contributed by atoms with Crippen LogP contribution in [0.15, 0.2) is 6.20 Å². The van der Waals surface area contributed by atoms with E-state index in [0.717, 1.165) is 19.5 Å². The lowest BCUT2D eigenvalue weighted by Crippen LogP contribution is -2.25. The maximum absolute atomic E-state index is 9.56. The molecule has 17 heavy (non-hydrogen) atoms. The van der Waals surface area contributed by atoms with Crippen molar-refractivity contribution in [3.8, 4) is 0 Å². The molecule has 1 aliphatic heterocycles. The highest BCUT2D eigenvalue weighted by Gasteiger charge is 2.28. The molecule has 1 aromatic heterocycles. The molecule has 0 radical (unpaired) electrons. The van der Waals surface area contributed by atoms with Crippen molar-refractivity contribution >= 4 is 23.4 Å². The van der Waals surface area contributed by atoms with Crippen LogP contribution in [-0.4, -0.2) is 34.3 Å². The Balaban J connectivity index is 2.18. The molecule has 2 heterocycles. The summed E-state index contributed by atoms with van der Waals surface area (Å²) in [7, 11) is 0. The van der Waals surface area contributed by atoms with Gasteiger partial charge in [0.1, 0.15) is 5.02 Å². The average molecular weight is 258 g/mol. The van der Waals surface area contributed by atoms with Gasteiger partial charge in [0, 0.05) is 19.0 Å². The fraction of sp³-hybridized carbons (Fsp3) is 0.600. The summed E-state index contributed by atoms with van der Waals surface area (Å²) in [5.74, 6) is 6.53. The number of aromatic nitrogens is 2. The van der Waals surface area contributed by atoms with E-state index in [9.17, 15) is 5.11 Å². The first-order valence-corrected chi connectivity index (χ1v) is 5.91. The molecule has 1 saturated heterocycles. The Hall–Kier alpha value is -1.11. The smallest absolute Gasteiger partial charge is 0.239 e. The van der Waals surface area contributed by atoms with Crippen molar-refractivity contribution in [1.29, 1.82) is 0 Å². The molecule has 0 spiro atoms. The monoisotopic (exact) mass is 257 g/mol. The van der Waals surface area contributed by atoms with E-state index in [1.807, 2.05) is 11.8 Å². The van der Waals surface area contributed by atoms with E-state index in [1.54, 1.807) is 0 Å². The van der Waals surface area contributed by atoms with Gasteiger partial charge in [-0.25, -0.2) is 10.8 Å². The number of halogens is 1. The van der Waals surface area contributed by atoms with Crippen LogP contribution in [0.2, 0.25) is 5.02 Å². The van der Waals surface area contributed by atoms with Gasteiger partial charge in [0.15, 0.2) is 5.82 Å². The second-order valence-electron chi connectivity index (χ2n) is 4.24. The molecule has 4 N–H and O–H groups in total. The van der Waals surface area contributed by atoms with Crippen LogP contribution in [-0.2, 0) is 0 Å². The van der Waals surface area contributed by atoms with E-state index in [2.05, 4.69) is 15.4 Å². The Bertz CT molecular complexity index is 400. The van der Waals surface area contributed by atoms with Crippen LogP contribution in [0, 0.1) is 5.92 Å². The molecule has 2 rings (SSSR count). The molecule has 1 aliphatic rings. The summed E-state index contributed by atoms with van der Waals surface area (Å²) >= 11 is 6.06. The van der Waals surface area contributed by atoms with Gasteiger partial charge in [0.2, 0.25) is 5.95 Å². The maximum atomic E-state index is 9.56. The molecule has 2 atom stereocenters. The first-order valence-electron chi connectivity index (χ1n) is 5.54. The third-order valence-corrected chi connectivity index (χ3v) is 3.33. The fourth-order valence-electron chi connectivity index (χ4n) is 2.02. The van der Waals surface area contributed by atoms with E-state index in [4.69, 9.17) is 17.4 Å². The highest BCUT2D eigenvalue weighted by Crippen LogP contribution is 2.29. The molecule has 1 aromatic rings. The second-order valence-corrected chi connectivity index (χ2v) is 4.65. The van der Waals surface area contributed by atoms with Gasteiger partial charge in [-0.1, -0.05) is 11.6 Å². The number of aliphatic hydroxyl groups is 1. The number of rotatable bonds is 3. The van der Waals surface area contributed by atoms with Crippen LogP contribution in [0.1, 0.15) is 13.3 Å². The zero-order valence-corrected chi connectivity index (χ0v) is 10.4. The van der Waals surface area contributed by atoms with E-state index in [0.29, 0.717) is 16.8 Å². The minimum Gasteiger partial charge on any atom is -0.393 e. The van der Waals surface area contributed by atoms with E-state index in [-0.39, 0.29) is 12.0 Å². The van der Waals surface area contributed by atoms with Crippen LogP contribution in [0.5, 0.6) is 0 Å². The highest BCUT2D eigenvalue weighted by atomic mass is 35.5. The van der Waals surface area contributed by atoms with Crippen LogP contribution in [0.3, 0.4) is 0 Å². The quantitative estimate of drug-likeness (QED) is 0.544. The lowest BCUT2D eigenvalue weighted by atomic mass is 10.0. The molecule has 0 amide bonds. The summed E-state index contributed by atoms with van der Waals surface area (Å²) in [6.45, 7) is 3.39. The van der Waals surface area contributed by atoms with Crippen LogP contribution in [0.4, 0.5) is 11.8 Å². The van der Waals surface area contributed by atoms with Crippen molar-refractivity contribution in [2.24, 2.45) is 11.8 Å². The van der Waals surface area contributed by atoms with Gasteiger partial charge in [0.25, 0.3) is 0 Å². The first kappa shape index (κ1) is 12.3. The van der Waals surface area contributed by atoms with E-state index >= 15 is 0 Å². The number of nitrogens with one attached hydrogen (secondary N) is 1. The van der Waals surface area contributed by atoms with E-state index < -0.39 is 0 Å². The molecule has 0 aliphatic carbocycles. The number of aliphatic hydroxyl groups excluding tert-OH is 1. The number of hydrazine groups is 1. The van der Waals surface area contributed by atoms with Crippen molar-refractivity contribution < 1.29 is 5.11 Å². The molecule has 7 heteroatoms. The predicted octanol–water partition coefficient (Wildman–Crippen LogP) is 0.623. The fourth-order valence-corrected chi connectivity index (χ4v) is 2.23. The summed E-state index contributed by atoms with van der Waals surface area (Å²) in [6.07, 6.45) is 2.14. The summed E-state index contributed by atoms with van der Waals surface area (Å²) in [5.41, 5.74) is 2.40.